The molecule has 0 saturated carbocycles. The molecule has 6 heteroatoms. The van der Waals surface area contributed by atoms with E-state index in [2.05, 4.69) is 10.4 Å². The SMILES string of the molecule is CCNc1cnn(Cc2cccc(F)c2F)c(=O)c1. The molecule has 2 rings (SSSR count). The van der Waals surface area contributed by atoms with Gasteiger partial charge in [-0.2, -0.15) is 5.10 Å². The van der Waals surface area contributed by atoms with Crippen molar-refractivity contribution in [2.45, 2.75) is 13.5 Å². The number of anilines is 1. The summed E-state index contributed by atoms with van der Waals surface area (Å²) in [6.07, 6.45) is 1.47. The summed E-state index contributed by atoms with van der Waals surface area (Å²) in [5.74, 6) is -1.89. The third-order valence-corrected chi connectivity index (χ3v) is 2.60. The lowest BCUT2D eigenvalue weighted by molar-refractivity contribution is 0.489. The highest BCUT2D eigenvalue weighted by Gasteiger charge is 2.09. The quantitative estimate of drug-likeness (QED) is 0.919. The second-order valence-corrected chi connectivity index (χ2v) is 3.98. The van der Waals surface area contributed by atoms with Gasteiger partial charge in [-0.05, 0) is 13.0 Å². The van der Waals surface area contributed by atoms with Crippen LogP contribution in [0.3, 0.4) is 0 Å². The van der Waals surface area contributed by atoms with Crippen LogP contribution in [-0.2, 0) is 6.54 Å². The topological polar surface area (TPSA) is 46.9 Å². The number of hydrogen-bond acceptors (Lipinski definition) is 3. The maximum absolute atomic E-state index is 13.5. The van der Waals surface area contributed by atoms with E-state index < -0.39 is 11.6 Å². The summed E-state index contributed by atoms with van der Waals surface area (Å²) >= 11 is 0. The Bertz CT molecular complexity index is 640. The summed E-state index contributed by atoms with van der Waals surface area (Å²) in [4.78, 5) is 11.8. The molecule has 0 bridgehead atoms. The van der Waals surface area contributed by atoms with E-state index in [0.29, 0.717) is 12.2 Å². The van der Waals surface area contributed by atoms with Crippen molar-refractivity contribution in [2.24, 2.45) is 0 Å². The van der Waals surface area contributed by atoms with Crippen LogP contribution < -0.4 is 10.9 Å². The highest BCUT2D eigenvalue weighted by molar-refractivity contribution is 5.38. The lowest BCUT2D eigenvalue weighted by atomic mass is 10.2. The number of rotatable bonds is 4. The van der Waals surface area contributed by atoms with Gasteiger partial charge in [0.2, 0.25) is 0 Å². The standard InChI is InChI=1S/C13H13F2N3O/c1-2-16-10-6-12(19)18(17-7-10)8-9-4-3-5-11(14)13(9)15/h3-7,16H,2,8H2,1H3. The molecule has 4 nitrogen and oxygen atoms in total. The first kappa shape index (κ1) is 13.2. The molecule has 0 fully saturated rings. The number of nitrogens with zero attached hydrogens (tertiary/aromatic N) is 2. The van der Waals surface area contributed by atoms with E-state index in [-0.39, 0.29) is 17.7 Å². The third kappa shape index (κ3) is 2.96. The minimum atomic E-state index is -0.952. The summed E-state index contributed by atoms with van der Waals surface area (Å²) in [6.45, 7) is 2.46. The van der Waals surface area contributed by atoms with Crippen molar-refractivity contribution < 1.29 is 8.78 Å². The van der Waals surface area contributed by atoms with Gasteiger partial charge in [-0.1, -0.05) is 12.1 Å². The van der Waals surface area contributed by atoms with Gasteiger partial charge in [0.25, 0.3) is 5.56 Å². The fourth-order valence-electron chi connectivity index (χ4n) is 1.69. The van der Waals surface area contributed by atoms with Crippen LogP contribution in [0, 0.1) is 11.6 Å². The van der Waals surface area contributed by atoms with Gasteiger partial charge in [-0.25, -0.2) is 13.5 Å². The predicted molar refractivity (Wildman–Crippen MR) is 68.1 cm³/mol. The Morgan fingerprint density at radius 1 is 1.37 bits per heavy atom. The van der Waals surface area contributed by atoms with Crippen LogP contribution in [-0.4, -0.2) is 16.3 Å². The zero-order chi connectivity index (χ0) is 13.8. The minimum Gasteiger partial charge on any atom is -0.384 e. The highest BCUT2D eigenvalue weighted by Crippen LogP contribution is 2.11. The molecule has 1 aromatic heterocycles. The van der Waals surface area contributed by atoms with Gasteiger partial charge in [0.1, 0.15) is 0 Å². The molecule has 2 aromatic rings. The van der Waals surface area contributed by atoms with Crippen LogP contribution in [0.15, 0.2) is 35.3 Å². The average Bonchev–Trinajstić information content (AvgIpc) is 2.38. The second-order valence-electron chi connectivity index (χ2n) is 3.98. The van der Waals surface area contributed by atoms with E-state index in [4.69, 9.17) is 0 Å². The summed E-state index contributed by atoms with van der Waals surface area (Å²) in [5.41, 5.74) is 0.316. The van der Waals surface area contributed by atoms with Gasteiger partial charge >= 0.3 is 0 Å². The molecule has 1 heterocycles. The molecule has 0 spiro atoms. The number of nitrogens with one attached hydrogen (secondary N) is 1. The van der Waals surface area contributed by atoms with Gasteiger partial charge < -0.3 is 5.32 Å². The molecule has 0 aliphatic carbocycles. The number of aromatic nitrogens is 2. The minimum absolute atomic E-state index is 0.0887. The van der Waals surface area contributed by atoms with Crippen molar-refractivity contribution in [3.05, 3.63) is 58.0 Å². The fraction of sp³-hybridized carbons (Fsp3) is 0.231. The molecule has 0 radical (unpaired) electrons. The predicted octanol–water partition coefficient (Wildman–Crippen LogP) is 2.00. The van der Waals surface area contributed by atoms with Crippen LogP contribution in [0.25, 0.3) is 0 Å². The second kappa shape index (κ2) is 5.60. The Kier molecular flexibility index (Phi) is 3.89. The molecule has 0 aliphatic heterocycles. The smallest absolute Gasteiger partial charge is 0.269 e. The van der Waals surface area contributed by atoms with E-state index >= 15 is 0 Å². The van der Waals surface area contributed by atoms with Crippen LogP contribution in [0.1, 0.15) is 12.5 Å². The first-order valence-electron chi connectivity index (χ1n) is 5.85. The molecular weight excluding hydrogens is 252 g/mol. The molecule has 0 saturated heterocycles. The van der Waals surface area contributed by atoms with Crippen LogP contribution >= 0.6 is 0 Å². The van der Waals surface area contributed by atoms with Crippen molar-refractivity contribution >= 4 is 5.69 Å². The molecule has 0 unspecified atom stereocenters. The van der Waals surface area contributed by atoms with Crippen LogP contribution in [0.4, 0.5) is 14.5 Å². The van der Waals surface area contributed by atoms with Gasteiger partial charge in [-0.15, -0.1) is 0 Å². The van der Waals surface area contributed by atoms with Crippen molar-refractivity contribution in [1.82, 2.24) is 9.78 Å². The number of halogens is 2. The highest BCUT2D eigenvalue weighted by atomic mass is 19.2. The molecule has 0 aliphatic rings. The lowest BCUT2D eigenvalue weighted by Crippen LogP contribution is -2.23. The van der Waals surface area contributed by atoms with Crippen molar-refractivity contribution in [2.75, 3.05) is 11.9 Å². The Balaban J connectivity index is 2.29. The largest absolute Gasteiger partial charge is 0.384 e. The summed E-state index contributed by atoms with van der Waals surface area (Å²) in [5, 5.41) is 6.87. The normalized spacial score (nSPS) is 10.5. The Labute approximate surface area is 108 Å². The number of hydrogen-bond donors (Lipinski definition) is 1. The first-order valence-corrected chi connectivity index (χ1v) is 5.85. The molecule has 19 heavy (non-hydrogen) atoms. The monoisotopic (exact) mass is 265 g/mol. The summed E-state index contributed by atoms with van der Waals surface area (Å²) < 4.78 is 27.6. The van der Waals surface area contributed by atoms with Crippen LogP contribution in [0.2, 0.25) is 0 Å². The molecular formula is C13H13F2N3O. The van der Waals surface area contributed by atoms with Crippen LogP contribution in [0.5, 0.6) is 0 Å². The first-order chi connectivity index (χ1) is 9.11. The van der Waals surface area contributed by atoms with E-state index in [0.717, 1.165) is 10.7 Å². The van der Waals surface area contributed by atoms with E-state index in [1.807, 2.05) is 6.92 Å². The lowest BCUT2D eigenvalue weighted by Gasteiger charge is -2.07. The third-order valence-electron chi connectivity index (χ3n) is 2.60. The summed E-state index contributed by atoms with van der Waals surface area (Å²) in [6, 6.07) is 5.22. The van der Waals surface area contributed by atoms with E-state index in [9.17, 15) is 13.6 Å². The number of benzene rings is 1. The van der Waals surface area contributed by atoms with Gasteiger partial charge in [-0.3, -0.25) is 4.79 Å². The van der Waals surface area contributed by atoms with E-state index in [1.165, 1.54) is 24.4 Å². The Morgan fingerprint density at radius 3 is 2.84 bits per heavy atom. The maximum Gasteiger partial charge on any atom is 0.269 e. The Morgan fingerprint density at radius 2 is 2.16 bits per heavy atom. The van der Waals surface area contributed by atoms with Crippen molar-refractivity contribution in [3.8, 4) is 0 Å². The Hall–Kier alpha value is -2.24. The maximum atomic E-state index is 13.5. The average molecular weight is 265 g/mol. The van der Waals surface area contributed by atoms with Gasteiger partial charge in [0, 0.05) is 18.2 Å². The zero-order valence-corrected chi connectivity index (χ0v) is 10.4. The molecule has 1 aromatic carbocycles. The molecule has 0 amide bonds. The molecule has 100 valence electrons. The fourth-order valence-corrected chi connectivity index (χ4v) is 1.69. The molecule has 0 atom stereocenters. The van der Waals surface area contributed by atoms with Crippen molar-refractivity contribution in [3.63, 3.8) is 0 Å². The molecule has 1 N–H and O–H groups in total. The van der Waals surface area contributed by atoms with Gasteiger partial charge in [0.15, 0.2) is 11.6 Å². The van der Waals surface area contributed by atoms with Crippen molar-refractivity contribution in [1.29, 1.82) is 0 Å². The van der Waals surface area contributed by atoms with E-state index in [1.54, 1.807) is 0 Å². The summed E-state index contributed by atoms with van der Waals surface area (Å²) in [7, 11) is 0. The van der Waals surface area contributed by atoms with Gasteiger partial charge in [0.05, 0.1) is 18.4 Å². The zero-order valence-electron chi connectivity index (χ0n) is 10.4.